The van der Waals surface area contributed by atoms with Gasteiger partial charge in [0.15, 0.2) is 5.78 Å². The Kier molecular flexibility index (Phi) is 15.9. The quantitative estimate of drug-likeness (QED) is 0.279. The standard InChI is InChI=1S/C26H35FN2O2.2C2H6/c1-3-21-19-24(20(2)30)11-10-22(21)7-4-5-15-29-16-12-23(13-17-29)26-9-6-8-25(27)14-18-31-28-26;2*1-2/h6,8,10-11,14,19,23H,3-5,7,9,12-13,15-18H2,1-2H3;2*1-2H3/b8-6-,25-14+,28-26+;;. The molecule has 2 aliphatic rings. The predicted octanol–water partition coefficient (Wildman–Crippen LogP) is 7.72. The first-order valence-corrected chi connectivity index (χ1v) is 13.6. The smallest absolute Gasteiger partial charge is 0.159 e. The van der Waals surface area contributed by atoms with Crippen molar-refractivity contribution in [3.05, 3.63) is 58.9 Å². The van der Waals surface area contributed by atoms with Crippen molar-refractivity contribution >= 4 is 11.5 Å². The SMILES string of the molecule is CC.CC.CCc1cc(C(C)=O)ccc1CCCCN1CCC(/C2=N/OC/C=C(F)\C=C/C2)CC1. The van der Waals surface area contributed by atoms with E-state index in [1.54, 1.807) is 6.92 Å². The molecule has 196 valence electrons. The van der Waals surface area contributed by atoms with E-state index < -0.39 is 0 Å². The van der Waals surface area contributed by atoms with Gasteiger partial charge in [0.1, 0.15) is 12.4 Å². The molecule has 0 aromatic heterocycles. The first kappa shape index (κ1) is 30.8. The highest BCUT2D eigenvalue weighted by Crippen LogP contribution is 2.22. The number of benzene rings is 1. The van der Waals surface area contributed by atoms with E-state index in [4.69, 9.17) is 4.84 Å². The molecule has 0 spiro atoms. The van der Waals surface area contributed by atoms with Crippen LogP contribution in [-0.2, 0) is 17.7 Å². The van der Waals surface area contributed by atoms with Crippen LogP contribution in [0.25, 0.3) is 0 Å². The van der Waals surface area contributed by atoms with E-state index >= 15 is 0 Å². The fourth-order valence-corrected chi connectivity index (χ4v) is 4.43. The molecule has 4 nitrogen and oxygen atoms in total. The maximum absolute atomic E-state index is 13.4. The molecule has 2 aliphatic heterocycles. The topological polar surface area (TPSA) is 41.9 Å². The minimum atomic E-state index is -0.257. The number of allylic oxidation sites excluding steroid dienone is 3. The molecule has 35 heavy (non-hydrogen) atoms. The summed E-state index contributed by atoms with van der Waals surface area (Å²) in [4.78, 5) is 19.4. The van der Waals surface area contributed by atoms with Crippen LogP contribution in [0.3, 0.4) is 0 Å². The van der Waals surface area contributed by atoms with E-state index in [1.807, 2.05) is 39.8 Å². The van der Waals surface area contributed by atoms with Crippen LogP contribution in [0, 0.1) is 5.92 Å². The summed E-state index contributed by atoms with van der Waals surface area (Å²) in [5, 5.41) is 4.28. The molecule has 1 saturated heterocycles. The predicted molar refractivity (Wildman–Crippen MR) is 147 cm³/mol. The van der Waals surface area contributed by atoms with Crippen LogP contribution in [0.4, 0.5) is 4.39 Å². The summed E-state index contributed by atoms with van der Waals surface area (Å²) in [6, 6.07) is 6.16. The summed E-state index contributed by atoms with van der Waals surface area (Å²) >= 11 is 0. The van der Waals surface area contributed by atoms with Crippen LogP contribution in [0.5, 0.6) is 0 Å². The zero-order valence-electron chi connectivity index (χ0n) is 22.9. The summed E-state index contributed by atoms with van der Waals surface area (Å²) in [5.74, 6) is 0.304. The number of carbonyl (C=O) groups excluding carboxylic acids is 1. The van der Waals surface area contributed by atoms with E-state index in [0.717, 1.165) is 63.0 Å². The maximum atomic E-state index is 13.4. The van der Waals surface area contributed by atoms with E-state index in [1.165, 1.54) is 29.7 Å². The number of hydrogen-bond donors (Lipinski definition) is 0. The Hall–Kier alpha value is -2.27. The lowest BCUT2D eigenvalue weighted by atomic mass is 9.90. The van der Waals surface area contributed by atoms with Crippen molar-refractivity contribution in [2.75, 3.05) is 26.2 Å². The molecular weight excluding hydrogens is 439 g/mol. The molecule has 0 aliphatic carbocycles. The number of oxime groups is 1. The number of rotatable bonds is 8. The van der Waals surface area contributed by atoms with Crippen molar-refractivity contribution in [3.8, 4) is 0 Å². The molecule has 1 aromatic rings. The van der Waals surface area contributed by atoms with E-state index in [2.05, 4.69) is 29.1 Å². The zero-order chi connectivity index (χ0) is 26.1. The number of piperidine rings is 1. The van der Waals surface area contributed by atoms with Crippen molar-refractivity contribution in [2.24, 2.45) is 11.1 Å². The maximum Gasteiger partial charge on any atom is 0.159 e. The molecule has 0 radical (unpaired) electrons. The molecule has 0 unspecified atom stereocenters. The summed E-state index contributed by atoms with van der Waals surface area (Å²) in [6.45, 7) is 15.3. The van der Waals surface area contributed by atoms with Crippen LogP contribution in [0.1, 0.15) is 95.1 Å². The van der Waals surface area contributed by atoms with Crippen LogP contribution >= 0.6 is 0 Å². The summed E-state index contributed by atoms with van der Waals surface area (Å²) in [6.07, 6.45) is 12.0. The normalized spacial score (nSPS) is 20.5. The molecule has 0 atom stereocenters. The number of ketones is 1. The average molecular weight is 487 g/mol. The molecule has 1 fully saturated rings. The van der Waals surface area contributed by atoms with E-state index in [0.29, 0.717) is 12.3 Å². The number of halogens is 1. The Balaban J connectivity index is 0.00000145. The number of nitrogens with zero attached hydrogens (tertiary/aromatic N) is 2. The van der Waals surface area contributed by atoms with Crippen LogP contribution in [0.15, 0.2) is 47.4 Å². The third-order valence-corrected chi connectivity index (χ3v) is 6.36. The third-order valence-electron chi connectivity index (χ3n) is 6.36. The monoisotopic (exact) mass is 486 g/mol. The summed E-state index contributed by atoms with van der Waals surface area (Å²) < 4.78 is 13.4. The van der Waals surface area contributed by atoms with Gasteiger partial charge < -0.3 is 9.74 Å². The van der Waals surface area contributed by atoms with E-state index in [-0.39, 0.29) is 18.2 Å². The van der Waals surface area contributed by atoms with Crippen molar-refractivity contribution in [1.82, 2.24) is 4.90 Å². The number of likely N-dealkylation sites (tertiary alicyclic amines) is 1. The largest absolute Gasteiger partial charge is 0.391 e. The van der Waals surface area contributed by atoms with Gasteiger partial charge in [0, 0.05) is 17.9 Å². The molecule has 0 amide bonds. The lowest BCUT2D eigenvalue weighted by Gasteiger charge is -2.32. The highest BCUT2D eigenvalue weighted by molar-refractivity contribution is 5.94. The minimum Gasteiger partial charge on any atom is -0.391 e. The number of unbranched alkanes of at least 4 members (excludes halogenated alkanes) is 1. The van der Waals surface area contributed by atoms with Crippen molar-refractivity contribution in [2.45, 2.75) is 86.5 Å². The number of Topliss-reactive ketones (excluding diaryl/α,β-unsaturated/α-hetero) is 1. The summed E-state index contributed by atoms with van der Waals surface area (Å²) in [5.41, 5.74) is 4.54. The average Bonchev–Trinajstić information content (AvgIpc) is 3.01. The van der Waals surface area contributed by atoms with E-state index in [9.17, 15) is 9.18 Å². The second-order valence-electron chi connectivity index (χ2n) is 8.54. The number of aryl methyl sites for hydroxylation is 2. The molecule has 3 rings (SSSR count). The summed E-state index contributed by atoms with van der Waals surface area (Å²) in [7, 11) is 0. The van der Waals surface area contributed by atoms with Crippen molar-refractivity contribution in [1.29, 1.82) is 0 Å². The van der Waals surface area contributed by atoms with Crippen LogP contribution in [0.2, 0.25) is 0 Å². The Bertz CT molecular complexity index is 837. The molecule has 0 saturated carbocycles. The van der Waals surface area contributed by atoms with Gasteiger partial charge in [-0.25, -0.2) is 4.39 Å². The van der Waals surface area contributed by atoms with Gasteiger partial charge in [-0.15, -0.1) is 0 Å². The second-order valence-corrected chi connectivity index (χ2v) is 8.54. The minimum absolute atomic E-state index is 0.136. The Morgan fingerprint density at radius 3 is 2.49 bits per heavy atom. The Labute approximate surface area is 213 Å². The first-order chi connectivity index (χ1) is 17.1. The van der Waals surface area contributed by atoms with Crippen LogP contribution < -0.4 is 0 Å². The molecule has 2 heterocycles. The second kappa shape index (κ2) is 18.1. The lowest BCUT2D eigenvalue weighted by molar-refractivity contribution is 0.101. The fourth-order valence-electron chi connectivity index (χ4n) is 4.43. The molecule has 0 N–H and O–H groups in total. The molecular formula is C30H47FN2O2. The van der Waals surface area contributed by atoms with Gasteiger partial charge in [-0.1, -0.05) is 58.0 Å². The molecule has 5 heteroatoms. The Morgan fingerprint density at radius 2 is 1.83 bits per heavy atom. The highest BCUT2D eigenvalue weighted by Gasteiger charge is 2.23. The third kappa shape index (κ3) is 10.9. The first-order valence-electron chi connectivity index (χ1n) is 13.6. The van der Waals surface area contributed by atoms with Gasteiger partial charge >= 0.3 is 0 Å². The molecule has 1 aromatic carbocycles. The highest BCUT2D eigenvalue weighted by atomic mass is 19.1. The van der Waals surface area contributed by atoms with Gasteiger partial charge in [0.2, 0.25) is 0 Å². The van der Waals surface area contributed by atoms with Gasteiger partial charge in [0.05, 0.1) is 5.71 Å². The fraction of sp³-hybridized carbons (Fsp3) is 0.600. The van der Waals surface area contributed by atoms with Gasteiger partial charge in [0.25, 0.3) is 0 Å². The number of hydrogen-bond acceptors (Lipinski definition) is 4. The van der Waals surface area contributed by atoms with Gasteiger partial charge in [-0.05, 0) is 94.4 Å². The van der Waals surface area contributed by atoms with Crippen molar-refractivity contribution in [3.63, 3.8) is 0 Å². The Morgan fingerprint density at radius 1 is 1.11 bits per heavy atom. The zero-order valence-corrected chi connectivity index (χ0v) is 22.9. The lowest BCUT2D eigenvalue weighted by Crippen LogP contribution is -2.37. The van der Waals surface area contributed by atoms with Gasteiger partial charge in [-0.3, -0.25) is 4.79 Å². The van der Waals surface area contributed by atoms with Crippen molar-refractivity contribution < 1.29 is 14.0 Å². The molecule has 0 bridgehead atoms. The number of carbonyl (C=O) groups is 1. The van der Waals surface area contributed by atoms with Crippen LogP contribution in [-0.4, -0.2) is 42.6 Å². The van der Waals surface area contributed by atoms with Gasteiger partial charge in [-0.2, -0.15) is 0 Å².